The van der Waals surface area contributed by atoms with Crippen LogP contribution in [0.15, 0.2) is 0 Å². The molecule has 2 saturated carbocycles. The molecule has 0 N–H and O–H groups in total. The Balaban J connectivity index is 1.39. The summed E-state index contributed by atoms with van der Waals surface area (Å²) in [6.45, 7) is 4.85. The summed E-state index contributed by atoms with van der Waals surface area (Å²) < 4.78 is 0. The highest BCUT2D eigenvalue weighted by atomic mass is 14.4. The Labute approximate surface area is 166 Å². The van der Waals surface area contributed by atoms with Crippen molar-refractivity contribution in [1.82, 2.24) is 0 Å². The van der Waals surface area contributed by atoms with Gasteiger partial charge in [0.2, 0.25) is 0 Å². The van der Waals surface area contributed by atoms with Gasteiger partial charge in [-0.05, 0) is 42.9 Å². The quantitative estimate of drug-likeness (QED) is 0.270. The lowest BCUT2D eigenvalue weighted by atomic mass is 9.66. The zero-order valence-corrected chi connectivity index (χ0v) is 18.5. The van der Waals surface area contributed by atoms with E-state index in [9.17, 15) is 0 Å². The van der Waals surface area contributed by atoms with Gasteiger partial charge >= 0.3 is 0 Å². The topological polar surface area (TPSA) is 0 Å². The van der Waals surface area contributed by atoms with Crippen LogP contribution >= 0.6 is 0 Å². The van der Waals surface area contributed by atoms with Crippen molar-refractivity contribution < 1.29 is 0 Å². The first-order chi connectivity index (χ1) is 12.8. The van der Waals surface area contributed by atoms with Gasteiger partial charge in [0.05, 0.1) is 0 Å². The maximum atomic E-state index is 2.54. The number of fused-ring (bicyclic) bond motifs is 1. The van der Waals surface area contributed by atoms with Gasteiger partial charge in [-0.1, -0.05) is 123 Å². The maximum absolute atomic E-state index is 2.54. The molecule has 0 aliphatic heterocycles. The van der Waals surface area contributed by atoms with Crippen molar-refractivity contribution in [2.45, 2.75) is 142 Å². The Morgan fingerprint density at radius 2 is 1.23 bits per heavy atom. The Morgan fingerprint density at radius 3 is 1.88 bits per heavy atom. The number of rotatable bonds is 14. The van der Waals surface area contributed by atoms with E-state index in [4.69, 9.17) is 0 Å². The molecule has 0 bridgehead atoms. The minimum absolute atomic E-state index is 0.985. The first-order valence-electron chi connectivity index (χ1n) is 12.8. The normalized spacial score (nSPS) is 27.2. The monoisotopic (exact) mass is 362 g/mol. The minimum Gasteiger partial charge on any atom is -0.0654 e. The SMILES string of the molecule is CCCCCCCCCCCCCC(C)CC1CCC2CCCCC2C1. The highest BCUT2D eigenvalue weighted by molar-refractivity contribution is 4.83. The van der Waals surface area contributed by atoms with Gasteiger partial charge in [-0.25, -0.2) is 0 Å². The number of unbranched alkanes of at least 4 members (excludes halogenated alkanes) is 10. The molecule has 0 radical (unpaired) electrons. The molecule has 0 aromatic rings. The third-order valence-corrected chi connectivity index (χ3v) is 7.68. The fourth-order valence-corrected chi connectivity index (χ4v) is 6.03. The predicted octanol–water partition coefficient (Wildman–Crippen LogP) is 9.32. The first-order valence-corrected chi connectivity index (χ1v) is 12.8. The lowest BCUT2D eigenvalue weighted by molar-refractivity contribution is 0.117. The van der Waals surface area contributed by atoms with Gasteiger partial charge in [0.1, 0.15) is 0 Å². The van der Waals surface area contributed by atoms with E-state index < -0.39 is 0 Å². The minimum atomic E-state index is 0.985. The molecule has 2 fully saturated rings. The molecular formula is C26H50. The maximum Gasteiger partial charge on any atom is -0.0383 e. The second kappa shape index (κ2) is 14.1. The molecule has 0 heterocycles. The van der Waals surface area contributed by atoms with E-state index in [-0.39, 0.29) is 0 Å². The Morgan fingerprint density at radius 1 is 0.654 bits per heavy atom. The summed E-state index contributed by atoms with van der Waals surface area (Å²) in [4.78, 5) is 0. The molecule has 2 aliphatic rings. The molecule has 2 aliphatic carbocycles. The van der Waals surface area contributed by atoms with Gasteiger partial charge in [-0.15, -0.1) is 0 Å². The molecule has 2 rings (SSSR count). The average Bonchev–Trinajstić information content (AvgIpc) is 2.66. The van der Waals surface area contributed by atoms with Crippen molar-refractivity contribution in [3.63, 3.8) is 0 Å². The first kappa shape index (κ1) is 22.3. The summed E-state index contributed by atoms with van der Waals surface area (Å²) in [6, 6.07) is 0. The summed E-state index contributed by atoms with van der Waals surface area (Å²) >= 11 is 0. The van der Waals surface area contributed by atoms with E-state index in [2.05, 4.69) is 13.8 Å². The molecular weight excluding hydrogens is 312 g/mol. The molecule has 0 spiro atoms. The van der Waals surface area contributed by atoms with E-state index in [1.165, 1.54) is 89.9 Å². The van der Waals surface area contributed by atoms with Crippen LogP contribution in [0.1, 0.15) is 142 Å². The second-order valence-electron chi connectivity index (χ2n) is 10.1. The zero-order valence-electron chi connectivity index (χ0n) is 18.5. The van der Waals surface area contributed by atoms with Crippen LogP contribution in [0.3, 0.4) is 0 Å². The van der Waals surface area contributed by atoms with Gasteiger partial charge < -0.3 is 0 Å². The van der Waals surface area contributed by atoms with Crippen LogP contribution in [0.4, 0.5) is 0 Å². The number of hydrogen-bond donors (Lipinski definition) is 0. The Hall–Kier alpha value is 0. The van der Waals surface area contributed by atoms with Gasteiger partial charge in [-0.3, -0.25) is 0 Å². The molecule has 0 amide bonds. The van der Waals surface area contributed by atoms with Crippen molar-refractivity contribution in [3.8, 4) is 0 Å². The average molecular weight is 363 g/mol. The number of hydrogen-bond acceptors (Lipinski definition) is 0. The summed E-state index contributed by atoms with van der Waals surface area (Å²) in [5, 5.41) is 0. The summed E-state index contributed by atoms with van der Waals surface area (Å²) in [5.41, 5.74) is 0. The van der Waals surface area contributed by atoms with Crippen LogP contribution in [0.5, 0.6) is 0 Å². The van der Waals surface area contributed by atoms with E-state index in [0.29, 0.717) is 0 Å². The fourth-order valence-electron chi connectivity index (χ4n) is 6.03. The molecule has 0 aromatic carbocycles. The Bertz CT molecular complexity index is 320. The molecule has 154 valence electrons. The third kappa shape index (κ3) is 9.27. The van der Waals surface area contributed by atoms with Crippen molar-refractivity contribution in [3.05, 3.63) is 0 Å². The second-order valence-corrected chi connectivity index (χ2v) is 10.1. The Kier molecular flexibility index (Phi) is 12.1. The lowest BCUT2D eigenvalue weighted by Gasteiger charge is -2.40. The third-order valence-electron chi connectivity index (χ3n) is 7.68. The summed E-state index contributed by atoms with van der Waals surface area (Å²) in [7, 11) is 0. The fraction of sp³-hybridized carbons (Fsp3) is 1.00. The highest BCUT2D eigenvalue weighted by Crippen LogP contribution is 2.44. The summed E-state index contributed by atoms with van der Waals surface area (Å²) in [5.74, 6) is 4.31. The van der Waals surface area contributed by atoms with Crippen molar-refractivity contribution in [1.29, 1.82) is 0 Å². The van der Waals surface area contributed by atoms with Gasteiger partial charge in [-0.2, -0.15) is 0 Å². The van der Waals surface area contributed by atoms with Crippen LogP contribution in [0.2, 0.25) is 0 Å². The molecule has 4 atom stereocenters. The van der Waals surface area contributed by atoms with Crippen LogP contribution in [-0.2, 0) is 0 Å². The standard InChI is InChI=1S/C26H50/c1-3-4-5-6-7-8-9-10-11-12-13-16-23(2)21-24-19-20-25-17-14-15-18-26(25)22-24/h23-26H,3-22H2,1-2H3. The molecule has 4 unspecified atom stereocenters. The molecule has 0 saturated heterocycles. The molecule has 26 heavy (non-hydrogen) atoms. The lowest BCUT2D eigenvalue weighted by Crippen LogP contribution is -2.28. The summed E-state index contributed by atoms with van der Waals surface area (Å²) in [6.07, 6.45) is 30.2. The largest absolute Gasteiger partial charge is 0.0654 e. The van der Waals surface area contributed by atoms with Gasteiger partial charge in [0.25, 0.3) is 0 Å². The van der Waals surface area contributed by atoms with Crippen molar-refractivity contribution in [2.24, 2.45) is 23.7 Å². The molecule has 0 nitrogen and oxygen atoms in total. The van der Waals surface area contributed by atoms with E-state index in [0.717, 1.165) is 23.7 Å². The van der Waals surface area contributed by atoms with Crippen LogP contribution in [0, 0.1) is 23.7 Å². The van der Waals surface area contributed by atoms with Crippen molar-refractivity contribution >= 4 is 0 Å². The smallest absolute Gasteiger partial charge is 0.0383 e. The van der Waals surface area contributed by atoms with E-state index in [1.807, 2.05) is 0 Å². The predicted molar refractivity (Wildman–Crippen MR) is 118 cm³/mol. The highest BCUT2D eigenvalue weighted by Gasteiger charge is 2.32. The van der Waals surface area contributed by atoms with Crippen LogP contribution in [0.25, 0.3) is 0 Å². The molecule has 0 aromatic heterocycles. The van der Waals surface area contributed by atoms with E-state index in [1.54, 1.807) is 38.5 Å². The van der Waals surface area contributed by atoms with Gasteiger partial charge in [0.15, 0.2) is 0 Å². The van der Waals surface area contributed by atoms with Gasteiger partial charge in [0, 0.05) is 0 Å². The van der Waals surface area contributed by atoms with E-state index >= 15 is 0 Å². The van der Waals surface area contributed by atoms with Crippen molar-refractivity contribution in [2.75, 3.05) is 0 Å². The van der Waals surface area contributed by atoms with Crippen LogP contribution < -0.4 is 0 Å². The molecule has 0 heteroatoms. The zero-order chi connectivity index (χ0) is 18.5. The van der Waals surface area contributed by atoms with Crippen LogP contribution in [-0.4, -0.2) is 0 Å².